The first-order valence-electron chi connectivity index (χ1n) is 6.41. The molecule has 0 heterocycles. The van der Waals surface area contributed by atoms with Crippen molar-refractivity contribution < 1.29 is 9.84 Å². The van der Waals surface area contributed by atoms with Gasteiger partial charge in [0, 0.05) is 17.8 Å². The van der Waals surface area contributed by atoms with E-state index in [0.717, 1.165) is 23.4 Å². The fourth-order valence-corrected chi connectivity index (χ4v) is 1.89. The van der Waals surface area contributed by atoms with Gasteiger partial charge in [-0.1, -0.05) is 19.1 Å². The van der Waals surface area contributed by atoms with Crippen LogP contribution < -0.4 is 10.1 Å². The second kappa shape index (κ2) is 6.14. The maximum absolute atomic E-state index is 9.80. The van der Waals surface area contributed by atoms with Crippen LogP contribution >= 0.6 is 0 Å². The Morgan fingerprint density at radius 1 is 1.11 bits per heavy atom. The van der Waals surface area contributed by atoms with E-state index in [1.54, 1.807) is 19.2 Å². The number of ether oxygens (including phenoxy) is 1. The van der Waals surface area contributed by atoms with Crippen molar-refractivity contribution in [1.82, 2.24) is 0 Å². The molecular weight excluding hydrogens is 238 g/mol. The van der Waals surface area contributed by atoms with Crippen molar-refractivity contribution in [2.24, 2.45) is 0 Å². The molecule has 19 heavy (non-hydrogen) atoms. The summed E-state index contributed by atoms with van der Waals surface area (Å²) >= 11 is 0. The Bertz CT molecular complexity index is 535. The fourth-order valence-electron chi connectivity index (χ4n) is 1.89. The van der Waals surface area contributed by atoms with Crippen LogP contribution in [0.1, 0.15) is 18.1 Å². The Balaban J connectivity index is 2.05. The van der Waals surface area contributed by atoms with Crippen molar-refractivity contribution in [2.45, 2.75) is 19.9 Å². The molecule has 0 aliphatic rings. The molecule has 0 aliphatic carbocycles. The van der Waals surface area contributed by atoms with Gasteiger partial charge in [-0.05, 0) is 42.3 Å². The van der Waals surface area contributed by atoms with E-state index in [1.807, 2.05) is 6.07 Å². The summed E-state index contributed by atoms with van der Waals surface area (Å²) in [6.07, 6.45) is 1.04. The van der Waals surface area contributed by atoms with Gasteiger partial charge in [0.15, 0.2) is 0 Å². The highest BCUT2D eigenvalue weighted by Gasteiger charge is 2.03. The number of rotatable bonds is 5. The molecule has 0 unspecified atom stereocenters. The summed E-state index contributed by atoms with van der Waals surface area (Å²) in [7, 11) is 1.62. The molecule has 100 valence electrons. The number of benzene rings is 2. The fraction of sp³-hybridized carbons (Fsp3) is 0.250. The quantitative estimate of drug-likeness (QED) is 0.860. The van der Waals surface area contributed by atoms with Crippen LogP contribution in [0, 0.1) is 0 Å². The van der Waals surface area contributed by atoms with E-state index >= 15 is 0 Å². The molecule has 0 saturated heterocycles. The molecule has 2 aromatic rings. The van der Waals surface area contributed by atoms with Crippen LogP contribution in [-0.2, 0) is 13.0 Å². The van der Waals surface area contributed by atoms with E-state index in [2.05, 4.69) is 36.5 Å². The van der Waals surface area contributed by atoms with Crippen LogP contribution in [0.5, 0.6) is 11.5 Å². The zero-order chi connectivity index (χ0) is 13.7. The maximum atomic E-state index is 9.80. The lowest BCUT2D eigenvalue weighted by Crippen LogP contribution is -2.00. The van der Waals surface area contributed by atoms with Crippen LogP contribution in [0.2, 0.25) is 0 Å². The van der Waals surface area contributed by atoms with Crippen molar-refractivity contribution in [3.63, 3.8) is 0 Å². The van der Waals surface area contributed by atoms with Crippen LogP contribution in [0.15, 0.2) is 42.5 Å². The summed E-state index contributed by atoms with van der Waals surface area (Å²) in [6.45, 7) is 2.70. The second-order valence-corrected chi connectivity index (χ2v) is 4.40. The molecule has 2 aromatic carbocycles. The number of phenols is 1. The second-order valence-electron chi connectivity index (χ2n) is 4.40. The van der Waals surface area contributed by atoms with Crippen LogP contribution in [0.3, 0.4) is 0 Å². The Morgan fingerprint density at radius 3 is 2.47 bits per heavy atom. The zero-order valence-electron chi connectivity index (χ0n) is 11.3. The SMILES string of the molecule is CCc1ccc(NCc2cc(OC)ccc2O)cc1. The van der Waals surface area contributed by atoms with Crippen LogP contribution in [0.4, 0.5) is 5.69 Å². The van der Waals surface area contributed by atoms with Gasteiger partial charge in [0.2, 0.25) is 0 Å². The molecule has 2 rings (SSSR count). The molecule has 3 heteroatoms. The van der Waals surface area contributed by atoms with Gasteiger partial charge in [-0.15, -0.1) is 0 Å². The third-order valence-corrected chi connectivity index (χ3v) is 3.13. The monoisotopic (exact) mass is 257 g/mol. The minimum Gasteiger partial charge on any atom is -0.508 e. The van der Waals surface area contributed by atoms with Gasteiger partial charge in [-0.3, -0.25) is 0 Å². The molecule has 0 radical (unpaired) electrons. The summed E-state index contributed by atoms with van der Waals surface area (Å²) in [4.78, 5) is 0. The number of anilines is 1. The van der Waals surface area contributed by atoms with Gasteiger partial charge >= 0.3 is 0 Å². The molecule has 0 fully saturated rings. The molecule has 0 spiro atoms. The number of hydrogen-bond acceptors (Lipinski definition) is 3. The summed E-state index contributed by atoms with van der Waals surface area (Å²) in [5.41, 5.74) is 3.17. The van der Waals surface area contributed by atoms with E-state index in [1.165, 1.54) is 5.56 Å². The minimum atomic E-state index is 0.276. The molecule has 0 saturated carbocycles. The highest BCUT2D eigenvalue weighted by Crippen LogP contribution is 2.23. The van der Waals surface area contributed by atoms with Crippen molar-refractivity contribution in [2.75, 3.05) is 12.4 Å². The Hall–Kier alpha value is -2.16. The van der Waals surface area contributed by atoms with E-state index in [9.17, 15) is 5.11 Å². The Labute approximate surface area is 113 Å². The van der Waals surface area contributed by atoms with E-state index < -0.39 is 0 Å². The number of hydrogen-bond donors (Lipinski definition) is 2. The van der Waals surface area contributed by atoms with Crippen LogP contribution in [0.25, 0.3) is 0 Å². The number of aryl methyl sites for hydroxylation is 1. The van der Waals surface area contributed by atoms with Crippen LogP contribution in [-0.4, -0.2) is 12.2 Å². The van der Waals surface area contributed by atoms with Gasteiger partial charge in [-0.2, -0.15) is 0 Å². The van der Waals surface area contributed by atoms with Crippen molar-refractivity contribution in [3.8, 4) is 11.5 Å². The molecule has 0 aromatic heterocycles. The number of aromatic hydroxyl groups is 1. The average Bonchev–Trinajstić information content (AvgIpc) is 2.47. The molecule has 0 atom stereocenters. The normalized spacial score (nSPS) is 10.2. The number of nitrogens with one attached hydrogen (secondary N) is 1. The van der Waals surface area contributed by atoms with Gasteiger partial charge in [0.25, 0.3) is 0 Å². The van der Waals surface area contributed by atoms with E-state index in [0.29, 0.717) is 6.54 Å². The van der Waals surface area contributed by atoms with Crippen molar-refractivity contribution >= 4 is 5.69 Å². The lowest BCUT2D eigenvalue weighted by molar-refractivity contribution is 0.411. The molecule has 2 N–H and O–H groups in total. The van der Waals surface area contributed by atoms with Crippen molar-refractivity contribution in [3.05, 3.63) is 53.6 Å². The Morgan fingerprint density at radius 2 is 1.84 bits per heavy atom. The third-order valence-electron chi connectivity index (χ3n) is 3.13. The van der Waals surface area contributed by atoms with Gasteiger partial charge < -0.3 is 15.2 Å². The lowest BCUT2D eigenvalue weighted by atomic mass is 10.1. The maximum Gasteiger partial charge on any atom is 0.120 e. The van der Waals surface area contributed by atoms with E-state index in [4.69, 9.17) is 4.74 Å². The molecule has 0 amide bonds. The highest BCUT2D eigenvalue weighted by atomic mass is 16.5. The van der Waals surface area contributed by atoms with Crippen molar-refractivity contribution in [1.29, 1.82) is 0 Å². The minimum absolute atomic E-state index is 0.276. The summed E-state index contributed by atoms with van der Waals surface area (Å²) < 4.78 is 5.15. The zero-order valence-corrected chi connectivity index (χ0v) is 11.3. The Kier molecular flexibility index (Phi) is 4.29. The summed E-state index contributed by atoms with van der Waals surface area (Å²) in [5, 5.41) is 13.1. The lowest BCUT2D eigenvalue weighted by Gasteiger charge is -2.10. The average molecular weight is 257 g/mol. The highest BCUT2D eigenvalue weighted by molar-refractivity contribution is 5.47. The predicted molar refractivity (Wildman–Crippen MR) is 77.8 cm³/mol. The summed E-state index contributed by atoms with van der Waals surface area (Å²) in [6, 6.07) is 13.5. The van der Waals surface area contributed by atoms with Gasteiger partial charge in [-0.25, -0.2) is 0 Å². The number of phenolic OH excluding ortho intramolecular Hbond substituents is 1. The van der Waals surface area contributed by atoms with Gasteiger partial charge in [0.1, 0.15) is 11.5 Å². The number of methoxy groups -OCH3 is 1. The van der Waals surface area contributed by atoms with Gasteiger partial charge in [0.05, 0.1) is 7.11 Å². The molecular formula is C16H19NO2. The first-order chi connectivity index (χ1) is 9.22. The molecule has 0 bridgehead atoms. The largest absolute Gasteiger partial charge is 0.508 e. The standard InChI is InChI=1S/C16H19NO2/c1-3-12-4-6-14(7-5-12)17-11-13-10-15(19-2)8-9-16(13)18/h4-10,17-18H,3,11H2,1-2H3. The summed E-state index contributed by atoms with van der Waals surface area (Å²) in [5.74, 6) is 1.02. The first kappa shape index (κ1) is 13.3. The first-order valence-corrected chi connectivity index (χ1v) is 6.41. The van der Waals surface area contributed by atoms with E-state index in [-0.39, 0.29) is 5.75 Å². The smallest absolute Gasteiger partial charge is 0.120 e. The topological polar surface area (TPSA) is 41.5 Å². The molecule has 0 aliphatic heterocycles. The predicted octanol–water partition coefficient (Wildman–Crippen LogP) is 3.58. The third kappa shape index (κ3) is 3.41. The molecule has 3 nitrogen and oxygen atoms in total.